The standard InChI is InChI=1S/C13H23N3O2S/c1-6-14-13(4,12(17)18-7-2)9-19-11-8-10(3)15-16(11)5/h8,14H,6-7,9H2,1-5H3. The SMILES string of the molecule is CCNC(C)(CSc1cc(C)nn1C)C(=O)OCC. The molecule has 1 unspecified atom stereocenters. The summed E-state index contributed by atoms with van der Waals surface area (Å²) in [5.74, 6) is 0.404. The molecule has 0 bridgehead atoms. The van der Waals surface area contributed by atoms with Crippen LogP contribution in [0, 0.1) is 6.92 Å². The Bertz CT molecular complexity index is 434. The number of aromatic nitrogens is 2. The van der Waals surface area contributed by atoms with E-state index in [9.17, 15) is 4.79 Å². The van der Waals surface area contributed by atoms with Gasteiger partial charge in [-0.3, -0.25) is 9.48 Å². The summed E-state index contributed by atoms with van der Waals surface area (Å²) in [5, 5.41) is 8.56. The Balaban J connectivity index is 2.73. The predicted molar refractivity (Wildman–Crippen MR) is 77.4 cm³/mol. The van der Waals surface area contributed by atoms with Crippen LogP contribution in [-0.4, -0.2) is 40.2 Å². The molecule has 1 aromatic rings. The van der Waals surface area contributed by atoms with Gasteiger partial charge >= 0.3 is 5.97 Å². The number of carbonyl (C=O) groups is 1. The monoisotopic (exact) mass is 285 g/mol. The highest BCUT2D eigenvalue weighted by Crippen LogP contribution is 2.24. The molecule has 6 heteroatoms. The van der Waals surface area contributed by atoms with E-state index in [0.717, 1.165) is 17.3 Å². The molecule has 1 rings (SSSR count). The lowest BCUT2D eigenvalue weighted by Crippen LogP contribution is -2.52. The number of thioether (sulfide) groups is 1. The van der Waals surface area contributed by atoms with Gasteiger partial charge in [0, 0.05) is 12.8 Å². The molecular weight excluding hydrogens is 262 g/mol. The lowest BCUT2D eigenvalue weighted by atomic mass is 10.1. The average Bonchev–Trinajstić information content (AvgIpc) is 2.66. The molecule has 0 amide bonds. The second kappa shape index (κ2) is 6.96. The first kappa shape index (κ1) is 16.0. The number of esters is 1. The van der Waals surface area contributed by atoms with E-state index in [0.29, 0.717) is 12.4 Å². The van der Waals surface area contributed by atoms with Crippen molar-refractivity contribution < 1.29 is 9.53 Å². The fourth-order valence-corrected chi connectivity index (χ4v) is 2.94. The summed E-state index contributed by atoms with van der Waals surface area (Å²) >= 11 is 1.61. The highest BCUT2D eigenvalue weighted by molar-refractivity contribution is 7.99. The molecule has 108 valence electrons. The van der Waals surface area contributed by atoms with Crippen LogP contribution in [0.3, 0.4) is 0 Å². The predicted octanol–water partition coefficient (Wildman–Crippen LogP) is 1.75. The number of hydrogen-bond acceptors (Lipinski definition) is 5. The van der Waals surface area contributed by atoms with Gasteiger partial charge in [0.15, 0.2) is 0 Å². The van der Waals surface area contributed by atoms with Crippen molar-refractivity contribution in [1.82, 2.24) is 15.1 Å². The van der Waals surface area contributed by atoms with Gasteiger partial charge in [0.05, 0.1) is 17.3 Å². The van der Waals surface area contributed by atoms with Gasteiger partial charge in [0.1, 0.15) is 5.54 Å². The summed E-state index contributed by atoms with van der Waals surface area (Å²) in [7, 11) is 1.91. The molecule has 19 heavy (non-hydrogen) atoms. The summed E-state index contributed by atoms with van der Waals surface area (Å²) < 4.78 is 6.98. The van der Waals surface area contributed by atoms with Crippen LogP contribution in [0.1, 0.15) is 26.5 Å². The van der Waals surface area contributed by atoms with Gasteiger partial charge in [0.2, 0.25) is 0 Å². The quantitative estimate of drug-likeness (QED) is 0.611. The molecule has 0 aromatic carbocycles. The molecule has 0 aliphatic heterocycles. The zero-order valence-corrected chi connectivity index (χ0v) is 13.1. The maximum atomic E-state index is 12.0. The van der Waals surface area contributed by atoms with E-state index in [4.69, 9.17) is 4.74 Å². The Morgan fingerprint density at radius 3 is 2.74 bits per heavy atom. The topological polar surface area (TPSA) is 56.2 Å². The van der Waals surface area contributed by atoms with Crippen LogP contribution in [0.4, 0.5) is 0 Å². The average molecular weight is 285 g/mol. The minimum absolute atomic E-state index is 0.205. The highest BCUT2D eigenvalue weighted by atomic mass is 32.2. The van der Waals surface area contributed by atoms with Crippen molar-refractivity contribution in [3.8, 4) is 0 Å². The second-order valence-corrected chi connectivity index (χ2v) is 5.61. The fraction of sp³-hybridized carbons (Fsp3) is 0.692. The molecule has 0 saturated heterocycles. The number of nitrogens with one attached hydrogen (secondary N) is 1. The number of nitrogens with zero attached hydrogens (tertiary/aromatic N) is 2. The van der Waals surface area contributed by atoms with Crippen LogP contribution in [0.5, 0.6) is 0 Å². The van der Waals surface area contributed by atoms with Gasteiger partial charge in [-0.05, 0) is 33.4 Å². The fourth-order valence-electron chi connectivity index (χ4n) is 1.80. The molecule has 0 spiro atoms. The molecule has 1 N–H and O–H groups in total. The van der Waals surface area contributed by atoms with Crippen LogP contribution in [0.15, 0.2) is 11.1 Å². The van der Waals surface area contributed by atoms with Crippen LogP contribution >= 0.6 is 11.8 Å². The van der Waals surface area contributed by atoms with Gasteiger partial charge in [-0.1, -0.05) is 6.92 Å². The van der Waals surface area contributed by atoms with E-state index in [1.54, 1.807) is 11.8 Å². The largest absolute Gasteiger partial charge is 0.465 e. The number of rotatable bonds is 7. The molecule has 0 aliphatic carbocycles. The maximum Gasteiger partial charge on any atom is 0.326 e. The molecule has 1 aromatic heterocycles. The number of ether oxygens (including phenoxy) is 1. The van der Waals surface area contributed by atoms with Gasteiger partial charge in [0.25, 0.3) is 0 Å². The summed E-state index contributed by atoms with van der Waals surface area (Å²) in [4.78, 5) is 12.0. The Morgan fingerprint density at radius 1 is 1.58 bits per heavy atom. The first-order valence-corrected chi connectivity index (χ1v) is 7.47. The Hall–Kier alpha value is -1.01. The molecule has 0 aliphatic rings. The number of aryl methyl sites for hydroxylation is 2. The van der Waals surface area contributed by atoms with E-state index in [-0.39, 0.29) is 5.97 Å². The normalized spacial score (nSPS) is 14.2. The zero-order valence-electron chi connectivity index (χ0n) is 12.3. The van der Waals surface area contributed by atoms with E-state index < -0.39 is 5.54 Å². The minimum Gasteiger partial charge on any atom is -0.465 e. The lowest BCUT2D eigenvalue weighted by Gasteiger charge is -2.27. The minimum atomic E-state index is -0.673. The van der Waals surface area contributed by atoms with Gasteiger partial charge in [-0.2, -0.15) is 5.10 Å². The van der Waals surface area contributed by atoms with Crippen LogP contribution in [-0.2, 0) is 16.6 Å². The van der Waals surface area contributed by atoms with E-state index in [1.807, 2.05) is 45.5 Å². The van der Waals surface area contributed by atoms with Crippen molar-refractivity contribution >= 4 is 17.7 Å². The lowest BCUT2D eigenvalue weighted by molar-refractivity contribution is -0.149. The molecular formula is C13H23N3O2S. The number of likely N-dealkylation sites (N-methyl/N-ethyl adjacent to an activating group) is 1. The van der Waals surface area contributed by atoms with Crippen LogP contribution < -0.4 is 5.32 Å². The van der Waals surface area contributed by atoms with Crippen molar-refractivity contribution in [1.29, 1.82) is 0 Å². The summed E-state index contributed by atoms with van der Waals surface area (Å²) in [6, 6.07) is 2.02. The van der Waals surface area contributed by atoms with Crippen molar-refractivity contribution in [3.63, 3.8) is 0 Å². The molecule has 0 fully saturated rings. The van der Waals surface area contributed by atoms with Gasteiger partial charge < -0.3 is 10.1 Å². The Kier molecular flexibility index (Phi) is 5.87. The smallest absolute Gasteiger partial charge is 0.326 e. The third kappa shape index (κ3) is 4.24. The van der Waals surface area contributed by atoms with Gasteiger partial charge in [-0.15, -0.1) is 11.8 Å². The van der Waals surface area contributed by atoms with Crippen molar-refractivity contribution in [2.75, 3.05) is 18.9 Å². The first-order chi connectivity index (χ1) is 8.92. The highest BCUT2D eigenvalue weighted by Gasteiger charge is 2.34. The summed E-state index contributed by atoms with van der Waals surface area (Å²) in [6.07, 6.45) is 0. The Morgan fingerprint density at radius 2 is 2.26 bits per heavy atom. The van der Waals surface area contributed by atoms with Gasteiger partial charge in [-0.25, -0.2) is 0 Å². The van der Waals surface area contributed by atoms with Crippen molar-refractivity contribution in [3.05, 3.63) is 11.8 Å². The molecule has 0 radical (unpaired) electrons. The summed E-state index contributed by atoms with van der Waals surface area (Å²) in [5.41, 5.74) is 0.305. The van der Waals surface area contributed by atoms with E-state index >= 15 is 0 Å². The van der Waals surface area contributed by atoms with E-state index in [2.05, 4.69) is 10.4 Å². The Labute approximate surface area is 119 Å². The third-order valence-corrected chi connectivity index (χ3v) is 4.16. The number of carbonyl (C=O) groups excluding carboxylic acids is 1. The summed E-state index contributed by atoms with van der Waals surface area (Å²) in [6.45, 7) is 8.76. The van der Waals surface area contributed by atoms with Crippen molar-refractivity contribution in [2.24, 2.45) is 7.05 Å². The first-order valence-electron chi connectivity index (χ1n) is 6.48. The number of hydrogen-bond donors (Lipinski definition) is 1. The third-order valence-electron chi connectivity index (χ3n) is 2.76. The molecule has 0 saturated carbocycles. The molecule has 1 atom stereocenters. The zero-order chi connectivity index (χ0) is 14.5. The van der Waals surface area contributed by atoms with Crippen LogP contribution in [0.2, 0.25) is 0 Å². The van der Waals surface area contributed by atoms with Crippen molar-refractivity contribution in [2.45, 2.75) is 38.3 Å². The molecule has 5 nitrogen and oxygen atoms in total. The maximum absolute atomic E-state index is 12.0. The second-order valence-electron chi connectivity index (χ2n) is 4.62. The molecule has 1 heterocycles. The van der Waals surface area contributed by atoms with Crippen LogP contribution in [0.25, 0.3) is 0 Å². The van der Waals surface area contributed by atoms with E-state index in [1.165, 1.54) is 0 Å².